The average Bonchev–Trinajstić information content (AvgIpc) is 3.72. The van der Waals surface area contributed by atoms with Crippen LogP contribution in [0.1, 0.15) is 5.56 Å². The van der Waals surface area contributed by atoms with Crippen LogP contribution < -0.4 is 21.1 Å². The van der Waals surface area contributed by atoms with Crippen molar-refractivity contribution in [3.63, 3.8) is 0 Å². The molecule has 0 atom stereocenters. The first-order chi connectivity index (χ1) is 32.2. The largest absolute Gasteiger partial charge is 0.458 e. The van der Waals surface area contributed by atoms with E-state index in [9.17, 15) is 5.26 Å². The normalized spacial score (nSPS) is 12.1. The Hall–Kier alpha value is -8.65. The van der Waals surface area contributed by atoms with Gasteiger partial charge >= 0.3 is 0 Å². The number of nitriles is 1. The molecule has 2 aliphatic heterocycles. The zero-order valence-corrected chi connectivity index (χ0v) is 35.2. The molecule has 0 radical (unpaired) electrons. The van der Waals surface area contributed by atoms with Crippen LogP contribution in [0.15, 0.2) is 224 Å². The summed E-state index contributed by atoms with van der Waals surface area (Å²) < 4.78 is 9.58. The summed E-state index contributed by atoms with van der Waals surface area (Å²) >= 11 is 0. The monoisotopic (exact) mass is 824 g/mol. The van der Waals surface area contributed by atoms with Gasteiger partial charge in [-0.2, -0.15) is 5.26 Å². The number of fused-ring (bicyclic) bond motifs is 7. The number of aromatic nitrogens is 1. The summed E-state index contributed by atoms with van der Waals surface area (Å²) in [5.74, 6) is 1.70. The van der Waals surface area contributed by atoms with E-state index in [4.69, 9.17) is 4.74 Å². The van der Waals surface area contributed by atoms with Gasteiger partial charge in [-0.25, -0.2) is 0 Å². The summed E-state index contributed by atoms with van der Waals surface area (Å²) in [7, 11) is 0. The Kier molecular flexibility index (Phi) is 8.38. The van der Waals surface area contributed by atoms with Gasteiger partial charge in [0, 0.05) is 22.0 Å². The molecule has 0 aliphatic carbocycles. The Bertz CT molecular complexity index is 3740. The van der Waals surface area contributed by atoms with Gasteiger partial charge in [-0.3, -0.25) is 0 Å². The van der Waals surface area contributed by atoms with Crippen molar-refractivity contribution in [2.45, 2.75) is 0 Å². The first kappa shape index (κ1) is 37.0. The van der Waals surface area contributed by atoms with Crippen LogP contribution in [0.3, 0.4) is 0 Å². The molecule has 10 aromatic carbocycles. The smallest absolute Gasteiger partial charge is 0.256 e. The van der Waals surface area contributed by atoms with Gasteiger partial charge in [0.1, 0.15) is 11.5 Å². The van der Waals surface area contributed by atoms with Crippen LogP contribution in [0.25, 0.3) is 94.3 Å². The van der Waals surface area contributed by atoms with E-state index in [1.165, 1.54) is 71.8 Å². The number of hydrogen-bond donors (Lipinski definition) is 0. The molecule has 3 heterocycles. The van der Waals surface area contributed by atoms with Gasteiger partial charge in [-0.1, -0.05) is 176 Å². The van der Waals surface area contributed by atoms with Gasteiger partial charge in [-0.15, -0.1) is 0 Å². The predicted octanol–water partition coefficient (Wildman–Crippen LogP) is 13.6. The molecule has 2 aliphatic rings. The molecule has 1 aromatic heterocycles. The molecule has 0 N–H and O–H groups in total. The third kappa shape index (κ3) is 5.91. The lowest BCUT2D eigenvalue weighted by molar-refractivity contribution is 0.487. The molecule has 0 fully saturated rings. The summed E-state index contributed by atoms with van der Waals surface area (Å²) in [6.45, 7) is -0.121. The quantitative estimate of drug-likeness (QED) is 0.157. The SMILES string of the molecule is N#Cc1ccc(-c2cc3c4c(c2)-n2c5ccc(-c6ccccc6-c6ccccc6)cc5c5cc(-c6ccccc6-c6ccccc6)cc(c52)B4c2cc(-c4ccccc4)ccc2O3)cc1. The predicted molar refractivity (Wildman–Crippen MR) is 269 cm³/mol. The summed E-state index contributed by atoms with van der Waals surface area (Å²) in [6, 6.07) is 82.9. The third-order valence-electron chi connectivity index (χ3n) is 13.5. The van der Waals surface area contributed by atoms with Crippen molar-refractivity contribution >= 4 is 44.9 Å². The van der Waals surface area contributed by atoms with Crippen LogP contribution in [0.5, 0.6) is 11.5 Å². The molecule has 3 nitrogen and oxygen atoms in total. The van der Waals surface area contributed by atoms with Crippen molar-refractivity contribution in [1.29, 1.82) is 5.26 Å². The molecule has 0 spiro atoms. The molecule has 0 amide bonds. The lowest BCUT2D eigenvalue weighted by atomic mass is 9.34. The van der Waals surface area contributed by atoms with Crippen LogP contribution in [0.4, 0.5) is 0 Å². The van der Waals surface area contributed by atoms with Crippen LogP contribution in [0, 0.1) is 11.3 Å². The Balaban J connectivity index is 1.14. The van der Waals surface area contributed by atoms with E-state index in [0.29, 0.717) is 5.56 Å². The van der Waals surface area contributed by atoms with Crippen molar-refractivity contribution in [3.8, 4) is 90.0 Å². The topological polar surface area (TPSA) is 38.0 Å². The molecule has 0 saturated heterocycles. The summed E-state index contributed by atoms with van der Waals surface area (Å²) in [5, 5.41) is 12.1. The number of hydrogen-bond acceptors (Lipinski definition) is 2. The molecular formula is C61H37BN2O. The van der Waals surface area contributed by atoms with Crippen LogP contribution in [-0.4, -0.2) is 11.3 Å². The molecule has 13 rings (SSSR count). The number of nitrogens with zero attached hydrogens (tertiary/aromatic N) is 2. The van der Waals surface area contributed by atoms with Gasteiger partial charge in [0.15, 0.2) is 0 Å². The third-order valence-corrected chi connectivity index (χ3v) is 13.5. The maximum atomic E-state index is 9.67. The molecule has 4 heteroatoms. The van der Waals surface area contributed by atoms with E-state index < -0.39 is 0 Å². The molecule has 0 unspecified atom stereocenters. The summed E-state index contributed by atoms with van der Waals surface area (Å²) in [5.41, 5.74) is 21.5. The van der Waals surface area contributed by atoms with Crippen molar-refractivity contribution in [2.24, 2.45) is 0 Å². The zero-order valence-electron chi connectivity index (χ0n) is 35.2. The second-order valence-corrected chi connectivity index (χ2v) is 17.1. The molecule has 300 valence electrons. The van der Waals surface area contributed by atoms with E-state index in [1.54, 1.807) is 0 Å². The Morgan fingerprint density at radius 1 is 0.385 bits per heavy atom. The molecular weight excluding hydrogens is 787 g/mol. The minimum atomic E-state index is -0.121. The lowest BCUT2D eigenvalue weighted by Crippen LogP contribution is -2.58. The van der Waals surface area contributed by atoms with Gasteiger partial charge in [0.05, 0.1) is 17.1 Å². The lowest BCUT2D eigenvalue weighted by Gasteiger charge is -2.34. The minimum Gasteiger partial charge on any atom is -0.458 e. The molecule has 0 bridgehead atoms. The number of ether oxygens (including phenoxy) is 1. The van der Waals surface area contributed by atoms with Crippen molar-refractivity contribution in [2.75, 3.05) is 0 Å². The van der Waals surface area contributed by atoms with Crippen LogP contribution in [-0.2, 0) is 0 Å². The van der Waals surface area contributed by atoms with E-state index >= 15 is 0 Å². The molecule has 65 heavy (non-hydrogen) atoms. The maximum absolute atomic E-state index is 9.67. The highest BCUT2D eigenvalue weighted by Crippen LogP contribution is 2.44. The van der Waals surface area contributed by atoms with E-state index in [0.717, 1.165) is 50.3 Å². The fourth-order valence-electron chi connectivity index (χ4n) is 10.5. The molecule has 11 aromatic rings. The fourth-order valence-corrected chi connectivity index (χ4v) is 10.5. The summed E-state index contributed by atoms with van der Waals surface area (Å²) in [4.78, 5) is 0. The highest BCUT2D eigenvalue weighted by molar-refractivity contribution is 6.99. The second-order valence-electron chi connectivity index (χ2n) is 17.1. The molecule has 0 saturated carbocycles. The average molecular weight is 825 g/mol. The maximum Gasteiger partial charge on any atom is 0.256 e. The van der Waals surface area contributed by atoms with Crippen LogP contribution in [0.2, 0.25) is 0 Å². The van der Waals surface area contributed by atoms with E-state index in [1.807, 2.05) is 24.3 Å². The van der Waals surface area contributed by atoms with Gasteiger partial charge in [0.2, 0.25) is 0 Å². The Morgan fingerprint density at radius 2 is 0.908 bits per heavy atom. The zero-order chi connectivity index (χ0) is 43.0. The Labute approximate surface area is 377 Å². The number of benzene rings is 10. The highest BCUT2D eigenvalue weighted by atomic mass is 16.5. The van der Waals surface area contributed by atoms with Gasteiger partial charge < -0.3 is 9.30 Å². The van der Waals surface area contributed by atoms with Crippen molar-refractivity contribution in [1.82, 2.24) is 4.57 Å². The Morgan fingerprint density at radius 3 is 1.55 bits per heavy atom. The fraction of sp³-hybridized carbons (Fsp3) is 0. The van der Waals surface area contributed by atoms with E-state index in [-0.39, 0.29) is 6.71 Å². The van der Waals surface area contributed by atoms with Crippen LogP contribution >= 0.6 is 0 Å². The summed E-state index contributed by atoms with van der Waals surface area (Å²) in [6.07, 6.45) is 0. The van der Waals surface area contributed by atoms with Crippen molar-refractivity contribution in [3.05, 3.63) is 230 Å². The first-order valence-corrected chi connectivity index (χ1v) is 22.2. The highest BCUT2D eigenvalue weighted by Gasteiger charge is 2.41. The van der Waals surface area contributed by atoms with Gasteiger partial charge in [0.25, 0.3) is 6.71 Å². The number of rotatable bonds is 6. The van der Waals surface area contributed by atoms with Crippen molar-refractivity contribution < 1.29 is 4.74 Å². The minimum absolute atomic E-state index is 0.121. The standard InChI is InChI=1S/C61H37BN2O/c63-38-39-24-26-41(27-25-39)46-36-57-60-59(37-46)65-58-31-29-44(40-14-4-1-5-15-40)34-54(58)62(60)55-35-47(51-23-13-11-21-49(51)43-18-8-3-9-19-43)33-53-52-32-45(28-30-56(52)64(57)61(53)55)50-22-12-10-20-48(50)42-16-6-2-7-17-42/h1-37H. The second kappa shape index (κ2) is 14.7. The first-order valence-electron chi connectivity index (χ1n) is 22.2. The van der Waals surface area contributed by atoms with E-state index in [2.05, 4.69) is 211 Å². The van der Waals surface area contributed by atoms with Gasteiger partial charge in [-0.05, 0) is 132 Å².